The fraction of sp³-hybridized carbons (Fsp3) is 0.250. The van der Waals surface area contributed by atoms with Gasteiger partial charge < -0.3 is 15.1 Å². The van der Waals surface area contributed by atoms with Gasteiger partial charge in [-0.2, -0.15) is 0 Å². The summed E-state index contributed by atoms with van der Waals surface area (Å²) in [6.45, 7) is -0.328. The van der Waals surface area contributed by atoms with Crippen LogP contribution in [0.2, 0.25) is 0 Å². The maximum atomic E-state index is 11.7. The lowest BCUT2D eigenvalue weighted by Gasteiger charge is -2.08. The quantitative estimate of drug-likeness (QED) is 0.211. The second-order valence-electron chi connectivity index (χ2n) is 7.31. The van der Waals surface area contributed by atoms with Crippen LogP contribution in [0, 0.1) is 11.8 Å². The van der Waals surface area contributed by atoms with Crippen LogP contribution in [0.1, 0.15) is 34.8 Å². The molecule has 0 saturated carbocycles. The van der Waals surface area contributed by atoms with Crippen LogP contribution in [0.5, 0.6) is 0 Å². The van der Waals surface area contributed by atoms with Gasteiger partial charge in [0.1, 0.15) is 11.4 Å². The van der Waals surface area contributed by atoms with E-state index in [1.807, 2.05) is 24.3 Å². The summed E-state index contributed by atoms with van der Waals surface area (Å²) in [6, 6.07) is 14.6. The van der Waals surface area contributed by atoms with Gasteiger partial charge in [0.2, 0.25) is 0 Å². The van der Waals surface area contributed by atoms with Gasteiger partial charge in [-0.05, 0) is 41.5 Å². The number of hydroxylamine groups is 1. The summed E-state index contributed by atoms with van der Waals surface area (Å²) in [5, 5.41) is 30.5. The summed E-state index contributed by atoms with van der Waals surface area (Å²) in [4.78, 5) is 16.9. The highest BCUT2D eigenvalue weighted by molar-refractivity contribution is 7.85. The second kappa shape index (κ2) is 11.5. The summed E-state index contributed by atoms with van der Waals surface area (Å²) >= 11 is 0. The van der Waals surface area contributed by atoms with E-state index in [9.17, 15) is 14.1 Å². The Morgan fingerprint density at radius 2 is 1.82 bits per heavy atom. The van der Waals surface area contributed by atoms with Gasteiger partial charge in [-0.3, -0.25) is 14.2 Å². The molecule has 0 aliphatic carbocycles. The molecule has 0 aromatic heterocycles. The van der Waals surface area contributed by atoms with Gasteiger partial charge in [-0.25, -0.2) is 5.48 Å². The largest absolute Gasteiger partial charge is 0.393 e. The minimum atomic E-state index is -1.49. The molecule has 4 N–H and O–H groups in total. The van der Waals surface area contributed by atoms with E-state index in [-0.39, 0.29) is 6.61 Å². The Labute approximate surface area is 194 Å². The molecule has 4 unspecified atom stereocenters. The number of nitrogens with zero attached hydrogens (tertiary/aromatic N) is 1. The molecule has 0 bridgehead atoms. The summed E-state index contributed by atoms with van der Waals surface area (Å²) in [7, 11) is -1.49. The molecule has 1 heterocycles. The van der Waals surface area contributed by atoms with Gasteiger partial charge in [-0.15, -0.1) is 0 Å². The standard InChI is InChI=1S/C24H24N2O6S/c1-33(31)23(24(29)25-30)13-12-20-14-21(26-32-20)18-8-4-16(5-9-18)2-3-17-6-10-19(11-7-17)22(28)15-27/h4-13,20,22-23,27-28,30H,14-15H2,1H3,(H,25,29)/b13-12+. The van der Waals surface area contributed by atoms with E-state index in [0.29, 0.717) is 12.0 Å². The first-order valence-electron chi connectivity index (χ1n) is 10.1. The summed E-state index contributed by atoms with van der Waals surface area (Å²) < 4.78 is 11.7. The van der Waals surface area contributed by atoms with Crippen LogP contribution in [0.4, 0.5) is 0 Å². The molecule has 4 atom stereocenters. The molecule has 0 spiro atoms. The molecule has 3 rings (SSSR count). The number of nitrogens with one attached hydrogen (secondary N) is 1. The molecule has 172 valence electrons. The third-order valence-corrected chi connectivity index (χ3v) is 6.04. The number of hydrogen-bond acceptors (Lipinski definition) is 7. The van der Waals surface area contributed by atoms with Crippen LogP contribution in [0.3, 0.4) is 0 Å². The van der Waals surface area contributed by atoms with Crippen molar-refractivity contribution >= 4 is 22.4 Å². The van der Waals surface area contributed by atoms with Gasteiger partial charge >= 0.3 is 0 Å². The lowest BCUT2D eigenvalue weighted by Crippen LogP contribution is -2.33. The molecule has 1 aliphatic rings. The van der Waals surface area contributed by atoms with E-state index >= 15 is 0 Å². The number of aliphatic hydroxyl groups excluding tert-OH is 2. The fourth-order valence-corrected chi connectivity index (χ4v) is 3.76. The molecular formula is C24H24N2O6S. The summed E-state index contributed by atoms with van der Waals surface area (Å²) in [5.41, 5.74) is 5.37. The maximum absolute atomic E-state index is 11.7. The van der Waals surface area contributed by atoms with Crippen molar-refractivity contribution < 1.29 is 29.3 Å². The first kappa shape index (κ1) is 24.4. The Balaban J connectivity index is 1.60. The van der Waals surface area contributed by atoms with Crippen molar-refractivity contribution in [1.29, 1.82) is 0 Å². The average Bonchev–Trinajstić information content (AvgIpc) is 3.31. The van der Waals surface area contributed by atoms with E-state index in [2.05, 4.69) is 17.0 Å². The zero-order valence-corrected chi connectivity index (χ0v) is 18.7. The Morgan fingerprint density at radius 1 is 1.21 bits per heavy atom. The van der Waals surface area contributed by atoms with E-state index in [1.54, 1.807) is 30.3 Å². The number of amides is 1. The smallest absolute Gasteiger partial charge is 0.262 e. The molecule has 9 heteroatoms. The Bertz CT molecular complexity index is 1120. The highest BCUT2D eigenvalue weighted by atomic mass is 32.2. The van der Waals surface area contributed by atoms with E-state index in [0.717, 1.165) is 22.4 Å². The van der Waals surface area contributed by atoms with E-state index in [1.165, 1.54) is 17.8 Å². The zero-order chi connectivity index (χ0) is 23.8. The number of rotatable bonds is 7. The van der Waals surface area contributed by atoms with Crippen molar-refractivity contribution in [3.8, 4) is 11.8 Å². The van der Waals surface area contributed by atoms with Crippen molar-refractivity contribution in [3.63, 3.8) is 0 Å². The van der Waals surface area contributed by atoms with Crippen LogP contribution in [0.15, 0.2) is 65.8 Å². The SMILES string of the molecule is CS(=O)C(/C=C/C1CC(c2ccc(C#Cc3ccc(C(O)CO)cc3)cc2)=NO1)C(=O)NO. The normalized spacial score (nSPS) is 17.9. The molecular weight excluding hydrogens is 444 g/mol. The molecule has 0 saturated heterocycles. The maximum Gasteiger partial charge on any atom is 0.262 e. The molecule has 0 fully saturated rings. The number of oxime groups is 1. The summed E-state index contributed by atoms with van der Waals surface area (Å²) in [6.07, 6.45) is 3.63. The number of carbonyl (C=O) groups excluding carboxylic acids is 1. The predicted molar refractivity (Wildman–Crippen MR) is 124 cm³/mol. The van der Waals surface area contributed by atoms with Crippen molar-refractivity contribution in [3.05, 3.63) is 82.9 Å². The third-order valence-electron chi connectivity index (χ3n) is 4.96. The van der Waals surface area contributed by atoms with Crippen molar-refractivity contribution in [1.82, 2.24) is 5.48 Å². The highest BCUT2D eigenvalue weighted by Gasteiger charge is 2.23. The lowest BCUT2D eigenvalue weighted by molar-refractivity contribution is -0.127. The number of carbonyl (C=O) groups is 1. The Hall–Kier alpha value is -3.29. The van der Waals surface area contributed by atoms with E-state index in [4.69, 9.17) is 15.2 Å². The lowest BCUT2D eigenvalue weighted by atomic mass is 10.0. The number of benzene rings is 2. The molecule has 8 nitrogen and oxygen atoms in total. The first-order chi connectivity index (χ1) is 15.9. The predicted octanol–water partition coefficient (Wildman–Crippen LogP) is 1.41. The third kappa shape index (κ3) is 6.60. The van der Waals surface area contributed by atoms with Gasteiger partial charge in [0.05, 0.1) is 12.3 Å². The highest BCUT2D eigenvalue weighted by Crippen LogP contribution is 2.19. The molecule has 1 amide bonds. The fourth-order valence-electron chi connectivity index (χ4n) is 3.09. The van der Waals surface area contributed by atoms with Gasteiger partial charge in [0.25, 0.3) is 5.91 Å². The molecule has 33 heavy (non-hydrogen) atoms. The van der Waals surface area contributed by atoms with Gasteiger partial charge in [0.15, 0.2) is 6.10 Å². The van der Waals surface area contributed by atoms with Crippen LogP contribution < -0.4 is 5.48 Å². The minimum Gasteiger partial charge on any atom is -0.393 e. The van der Waals surface area contributed by atoms with Crippen LogP contribution in [-0.2, 0) is 20.4 Å². The molecule has 0 radical (unpaired) electrons. The van der Waals surface area contributed by atoms with E-state index < -0.39 is 34.2 Å². The number of aliphatic hydroxyl groups is 2. The second-order valence-corrected chi connectivity index (χ2v) is 8.82. The summed E-state index contributed by atoms with van der Waals surface area (Å²) in [5.74, 6) is 5.39. The molecule has 1 aliphatic heterocycles. The van der Waals surface area contributed by atoms with Crippen LogP contribution >= 0.6 is 0 Å². The minimum absolute atomic E-state index is 0.328. The van der Waals surface area contributed by atoms with Crippen molar-refractivity contribution in [2.24, 2.45) is 5.16 Å². The average molecular weight is 469 g/mol. The zero-order valence-electron chi connectivity index (χ0n) is 17.8. The molecule has 2 aromatic carbocycles. The van der Waals surface area contributed by atoms with Crippen LogP contribution in [0.25, 0.3) is 0 Å². The molecule has 2 aromatic rings. The van der Waals surface area contributed by atoms with Gasteiger partial charge in [-0.1, -0.05) is 47.3 Å². The number of hydrogen-bond donors (Lipinski definition) is 4. The van der Waals surface area contributed by atoms with Crippen LogP contribution in [-0.4, -0.2) is 55.5 Å². The van der Waals surface area contributed by atoms with Crippen molar-refractivity contribution in [2.75, 3.05) is 12.9 Å². The monoisotopic (exact) mass is 468 g/mol. The Kier molecular flexibility index (Phi) is 8.52. The Morgan fingerprint density at radius 3 is 2.36 bits per heavy atom. The van der Waals surface area contributed by atoms with Gasteiger partial charge in [0, 0.05) is 34.6 Å². The topological polar surface area (TPSA) is 128 Å². The first-order valence-corrected chi connectivity index (χ1v) is 11.7. The van der Waals surface area contributed by atoms with Crippen molar-refractivity contribution in [2.45, 2.75) is 23.9 Å².